The molecule has 4 nitrogen and oxygen atoms in total. The van der Waals surface area contributed by atoms with Crippen LogP contribution in [0.25, 0.3) is 0 Å². The van der Waals surface area contributed by atoms with E-state index in [1.54, 1.807) is 0 Å². The summed E-state index contributed by atoms with van der Waals surface area (Å²) in [7, 11) is 0. The van der Waals surface area contributed by atoms with Gasteiger partial charge >= 0.3 is 0 Å². The molecule has 1 saturated carbocycles. The van der Waals surface area contributed by atoms with Crippen molar-refractivity contribution in [3.8, 4) is 0 Å². The second-order valence-corrected chi connectivity index (χ2v) is 5.64. The highest BCUT2D eigenvalue weighted by molar-refractivity contribution is 5.03. The van der Waals surface area contributed by atoms with Crippen molar-refractivity contribution < 1.29 is 0 Å². The number of aromatic nitrogens is 2. The molecule has 1 aliphatic heterocycles. The Labute approximate surface area is 109 Å². The van der Waals surface area contributed by atoms with Gasteiger partial charge in [0.25, 0.3) is 0 Å². The molecule has 1 aromatic rings. The summed E-state index contributed by atoms with van der Waals surface area (Å²) in [5, 5.41) is 3.59. The monoisotopic (exact) mass is 248 g/mol. The van der Waals surface area contributed by atoms with Crippen LogP contribution in [0.2, 0.25) is 0 Å². The summed E-state index contributed by atoms with van der Waals surface area (Å²) in [4.78, 5) is 6.86. The van der Waals surface area contributed by atoms with Crippen LogP contribution in [0.5, 0.6) is 0 Å². The fraction of sp³-hybridized carbons (Fsp3) is 0.786. The first-order valence-electron chi connectivity index (χ1n) is 7.33. The lowest BCUT2D eigenvalue weighted by Gasteiger charge is -2.24. The van der Waals surface area contributed by atoms with E-state index in [1.807, 2.05) is 12.5 Å². The maximum absolute atomic E-state index is 4.32. The van der Waals surface area contributed by atoms with E-state index in [4.69, 9.17) is 0 Å². The van der Waals surface area contributed by atoms with E-state index in [9.17, 15) is 0 Å². The first-order valence-corrected chi connectivity index (χ1v) is 7.33. The third-order valence-electron chi connectivity index (χ3n) is 4.16. The van der Waals surface area contributed by atoms with Gasteiger partial charge in [-0.15, -0.1) is 0 Å². The van der Waals surface area contributed by atoms with E-state index >= 15 is 0 Å². The van der Waals surface area contributed by atoms with Gasteiger partial charge in [0.1, 0.15) is 0 Å². The van der Waals surface area contributed by atoms with Gasteiger partial charge in [-0.2, -0.15) is 0 Å². The zero-order valence-corrected chi connectivity index (χ0v) is 11.3. The molecule has 0 bridgehead atoms. The van der Waals surface area contributed by atoms with E-state index in [2.05, 4.69) is 26.7 Å². The highest BCUT2D eigenvalue weighted by Gasteiger charge is 2.26. The Bertz CT molecular complexity index is 377. The predicted octanol–water partition coefficient (Wildman–Crippen LogP) is 1.79. The maximum atomic E-state index is 4.32. The standard InChI is InChI=1S/C14H24N4/c1-2-17(9-12-4-3-7-16-12)10-14-8-15-11-18(14)13-5-6-13/h8,11-13,16H,2-7,9-10H2,1H3. The molecule has 3 rings (SSSR count). The highest BCUT2D eigenvalue weighted by atomic mass is 15.2. The van der Waals surface area contributed by atoms with Gasteiger partial charge < -0.3 is 9.88 Å². The van der Waals surface area contributed by atoms with Crippen molar-refractivity contribution in [2.75, 3.05) is 19.6 Å². The minimum absolute atomic E-state index is 0.697. The largest absolute Gasteiger partial charge is 0.330 e. The Morgan fingerprint density at radius 3 is 3.00 bits per heavy atom. The average molecular weight is 248 g/mol. The summed E-state index contributed by atoms with van der Waals surface area (Å²) in [5.41, 5.74) is 1.39. The molecular weight excluding hydrogens is 224 g/mol. The second kappa shape index (κ2) is 5.41. The van der Waals surface area contributed by atoms with Crippen molar-refractivity contribution >= 4 is 0 Å². The van der Waals surface area contributed by atoms with Crippen LogP contribution >= 0.6 is 0 Å². The lowest BCUT2D eigenvalue weighted by atomic mass is 10.2. The Morgan fingerprint density at radius 2 is 2.33 bits per heavy atom. The van der Waals surface area contributed by atoms with E-state index < -0.39 is 0 Å². The van der Waals surface area contributed by atoms with Crippen molar-refractivity contribution in [1.82, 2.24) is 19.8 Å². The number of imidazole rings is 1. The number of rotatable bonds is 6. The summed E-state index contributed by atoms with van der Waals surface area (Å²) in [6.45, 7) is 6.79. The topological polar surface area (TPSA) is 33.1 Å². The molecule has 0 spiro atoms. The third kappa shape index (κ3) is 2.75. The number of hydrogen-bond acceptors (Lipinski definition) is 3. The van der Waals surface area contributed by atoms with Gasteiger partial charge in [0.15, 0.2) is 0 Å². The SMILES string of the molecule is CCN(Cc1cncn1C1CC1)CC1CCCN1. The van der Waals surface area contributed by atoms with Crippen molar-refractivity contribution in [2.24, 2.45) is 0 Å². The number of nitrogens with zero attached hydrogens (tertiary/aromatic N) is 3. The minimum atomic E-state index is 0.697. The zero-order valence-electron chi connectivity index (χ0n) is 11.3. The normalized spacial score (nSPS) is 24.0. The van der Waals surface area contributed by atoms with E-state index in [0.29, 0.717) is 6.04 Å². The van der Waals surface area contributed by atoms with Gasteiger partial charge in [-0.3, -0.25) is 4.90 Å². The molecule has 1 saturated heterocycles. The highest BCUT2D eigenvalue weighted by Crippen LogP contribution is 2.35. The Kier molecular flexibility index (Phi) is 3.66. The Hall–Kier alpha value is -0.870. The lowest BCUT2D eigenvalue weighted by molar-refractivity contribution is 0.247. The van der Waals surface area contributed by atoms with E-state index in [-0.39, 0.29) is 0 Å². The molecule has 0 aromatic carbocycles. The van der Waals surface area contributed by atoms with Gasteiger partial charge in [-0.1, -0.05) is 6.92 Å². The average Bonchev–Trinajstić information content (AvgIpc) is 2.91. The molecule has 1 aromatic heterocycles. The van der Waals surface area contributed by atoms with Gasteiger partial charge in [0.05, 0.1) is 12.0 Å². The molecule has 1 unspecified atom stereocenters. The summed E-state index contributed by atoms with van der Waals surface area (Å²) in [6, 6.07) is 1.44. The summed E-state index contributed by atoms with van der Waals surface area (Å²) in [5.74, 6) is 0. The first kappa shape index (κ1) is 12.2. The summed E-state index contributed by atoms with van der Waals surface area (Å²) >= 11 is 0. The predicted molar refractivity (Wildman–Crippen MR) is 72.5 cm³/mol. The van der Waals surface area contributed by atoms with Crippen molar-refractivity contribution in [2.45, 2.75) is 51.2 Å². The summed E-state index contributed by atoms with van der Waals surface area (Å²) < 4.78 is 2.38. The Morgan fingerprint density at radius 1 is 1.44 bits per heavy atom. The zero-order chi connectivity index (χ0) is 12.4. The molecule has 100 valence electrons. The molecule has 2 aliphatic rings. The quantitative estimate of drug-likeness (QED) is 0.833. The molecule has 0 radical (unpaired) electrons. The molecule has 2 fully saturated rings. The molecule has 18 heavy (non-hydrogen) atoms. The van der Waals surface area contributed by atoms with Crippen LogP contribution in [0.15, 0.2) is 12.5 Å². The van der Waals surface area contributed by atoms with Crippen LogP contribution in [0.3, 0.4) is 0 Å². The van der Waals surface area contributed by atoms with Gasteiger partial charge in [-0.05, 0) is 38.8 Å². The molecule has 0 amide bonds. The number of likely N-dealkylation sites (N-methyl/N-ethyl adjacent to an activating group) is 1. The molecular formula is C14H24N4. The lowest BCUT2D eigenvalue weighted by Crippen LogP contribution is -2.37. The fourth-order valence-electron chi connectivity index (χ4n) is 2.89. The molecule has 1 aliphatic carbocycles. The minimum Gasteiger partial charge on any atom is -0.330 e. The van der Waals surface area contributed by atoms with Gasteiger partial charge in [0, 0.05) is 31.4 Å². The van der Waals surface area contributed by atoms with Crippen LogP contribution in [0.1, 0.15) is 44.3 Å². The summed E-state index contributed by atoms with van der Waals surface area (Å²) in [6.07, 6.45) is 9.39. The molecule has 1 N–H and O–H groups in total. The van der Waals surface area contributed by atoms with Gasteiger partial charge in [-0.25, -0.2) is 4.98 Å². The van der Waals surface area contributed by atoms with Crippen LogP contribution in [-0.4, -0.2) is 40.1 Å². The van der Waals surface area contributed by atoms with E-state index in [0.717, 1.165) is 19.1 Å². The second-order valence-electron chi connectivity index (χ2n) is 5.64. The van der Waals surface area contributed by atoms with Crippen LogP contribution < -0.4 is 5.32 Å². The third-order valence-corrected chi connectivity index (χ3v) is 4.16. The van der Waals surface area contributed by atoms with Crippen molar-refractivity contribution in [3.05, 3.63) is 18.2 Å². The fourth-order valence-corrected chi connectivity index (χ4v) is 2.89. The maximum Gasteiger partial charge on any atom is 0.0951 e. The van der Waals surface area contributed by atoms with E-state index in [1.165, 1.54) is 44.5 Å². The molecule has 2 heterocycles. The van der Waals surface area contributed by atoms with Crippen molar-refractivity contribution in [1.29, 1.82) is 0 Å². The number of nitrogens with one attached hydrogen (secondary N) is 1. The Balaban J connectivity index is 1.59. The van der Waals surface area contributed by atoms with Crippen molar-refractivity contribution in [3.63, 3.8) is 0 Å². The molecule has 1 atom stereocenters. The van der Waals surface area contributed by atoms with Gasteiger partial charge in [0.2, 0.25) is 0 Å². The first-order chi connectivity index (χ1) is 8.86. The van der Waals surface area contributed by atoms with Crippen LogP contribution in [0, 0.1) is 0 Å². The smallest absolute Gasteiger partial charge is 0.0951 e. The van der Waals surface area contributed by atoms with Crippen LogP contribution in [-0.2, 0) is 6.54 Å². The molecule has 4 heteroatoms. The van der Waals surface area contributed by atoms with Crippen LogP contribution in [0.4, 0.5) is 0 Å². The number of hydrogen-bond donors (Lipinski definition) is 1.